The van der Waals surface area contributed by atoms with Gasteiger partial charge in [-0.2, -0.15) is 0 Å². The van der Waals surface area contributed by atoms with Gasteiger partial charge in [0.05, 0.1) is 0 Å². The smallest absolute Gasteiger partial charge is 0.123 e. The van der Waals surface area contributed by atoms with Crippen molar-refractivity contribution in [3.8, 4) is 5.75 Å². The normalized spacial score (nSPS) is 10.7. The van der Waals surface area contributed by atoms with E-state index in [1.54, 1.807) is 0 Å². The van der Waals surface area contributed by atoms with Crippen molar-refractivity contribution in [1.29, 1.82) is 0 Å². The van der Waals surface area contributed by atoms with Crippen LogP contribution in [0.5, 0.6) is 5.75 Å². The fourth-order valence-corrected chi connectivity index (χ4v) is 1.21. The van der Waals surface area contributed by atoms with Gasteiger partial charge < -0.3 is 9.84 Å². The standard InChI is InChI=1S/C12H16O2/c1-2-3-10-14-12-7-5-4-6-11(12)8-9-13/h2-7,13H,8-10H2,1H3/b3-2+. The predicted molar refractivity (Wildman–Crippen MR) is 57.5 cm³/mol. The van der Waals surface area contributed by atoms with E-state index in [2.05, 4.69) is 0 Å². The van der Waals surface area contributed by atoms with Crippen LogP contribution in [-0.4, -0.2) is 18.3 Å². The number of ether oxygens (including phenoxy) is 1. The van der Waals surface area contributed by atoms with Gasteiger partial charge in [0.25, 0.3) is 0 Å². The van der Waals surface area contributed by atoms with E-state index in [1.165, 1.54) is 0 Å². The highest BCUT2D eigenvalue weighted by Crippen LogP contribution is 2.18. The highest BCUT2D eigenvalue weighted by Gasteiger charge is 2.00. The van der Waals surface area contributed by atoms with Gasteiger partial charge >= 0.3 is 0 Å². The molecule has 0 unspecified atom stereocenters. The minimum Gasteiger partial charge on any atom is -0.489 e. The van der Waals surface area contributed by atoms with Crippen LogP contribution < -0.4 is 4.74 Å². The number of hydrogen-bond donors (Lipinski definition) is 1. The second-order valence-corrected chi connectivity index (χ2v) is 2.96. The summed E-state index contributed by atoms with van der Waals surface area (Å²) in [4.78, 5) is 0. The Kier molecular flexibility index (Phi) is 4.79. The molecular weight excluding hydrogens is 176 g/mol. The van der Waals surface area contributed by atoms with Gasteiger partial charge in [-0.15, -0.1) is 0 Å². The average Bonchev–Trinajstić information content (AvgIpc) is 2.21. The van der Waals surface area contributed by atoms with Gasteiger partial charge in [0.15, 0.2) is 0 Å². The van der Waals surface area contributed by atoms with Crippen LogP contribution in [0.4, 0.5) is 0 Å². The number of hydrogen-bond acceptors (Lipinski definition) is 2. The Hall–Kier alpha value is -1.28. The lowest BCUT2D eigenvalue weighted by molar-refractivity contribution is 0.294. The van der Waals surface area contributed by atoms with Gasteiger partial charge in [-0.25, -0.2) is 0 Å². The summed E-state index contributed by atoms with van der Waals surface area (Å²) in [5.41, 5.74) is 1.06. The zero-order chi connectivity index (χ0) is 10.2. The number of aliphatic hydroxyl groups is 1. The minimum absolute atomic E-state index is 0.157. The largest absolute Gasteiger partial charge is 0.489 e. The molecule has 0 fully saturated rings. The van der Waals surface area contributed by atoms with Crippen molar-refractivity contribution in [1.82, 2.24) is 0 Å². The molecule has 0 saturated carbocycles. The first-order chi connectivity index (χ1) is 6.88. The molecule has 2 nitrogen and oxygen atoms in total. The van der Waals surface area contributed by atoms with Crippen LogP contribution >= 0.6 is 0 Å². The number of aliphatic hydroxyl groups excluding tert-OH is 1. The van der Waals surface area contributed by atoms with Crippen molar-refractivity contribution in [3.05, 3.63) is 42.0 Å². The summed E-state index contributed by atoms with van der Waals surface area (Å²) in [6.45, 7) is 2.70. The fourth-order valence-electron chi connectivity index (χ4n) is 1.21. The SMILES string of the molecule is C/C=C/COc1ccccc1CCO. The van der Waals surface area contributed by atoms with E-state index >= 15 is 0 Å². The van der Waals surface area contributed by atoms with Crippen LogP contribution in [0.1, 0.15) is 12.5 Å². The Morgan fingerprint density at radius 1 is 1.36 bits per heavy atom. The van der Waals surface area contributed by atoms with Crippen LogP contribution in [0.2, 0.25) is 0 Å². The molecule has 0 radical (unpaired) electrons. The Morgan fingerprint density at radius 3 is 2.86 bits per heavy atom. The van der Waals surface area contributed by atoms with E-state index in [1.807, 2.05) is 43.3 Å². The third-order valence-electron chi connectivity index (χ3n) is 1.92. The molecule has 76 valence electrons. The summed E-state index contributed by atoms with van der Waals surface area (Å²) < 4.78 is 5.53. The van der Waals surface area contributed by atoms with Gasteiger partial charge in [0, 0.05) is 6.61 Å². The van der Waals surface area contributed by atoms with E-state index in [4.69, 9.17) is 9.84 Å². The van der Waals surface area contributed by atoms with E-state index in [0.717, 1.165) is 11.3 Å². The Labute approximate surface area is 84.8 Å². The molecule has 1 aromatic rings. The van der Waals surface area contributed by atoms with Crippen molar-refractivity contribution in [3.63, 3.8) is 0 Å². The zero-order valence-electron chi connectivity index (χ0n) is 8.44. The molecule has 0 heterocycles. The highest BCUT2D eigenvalue weighted by atomic mass is 16.5. The van der Waals surface area contributed by atoms with Crippen molar-refractivity contribution in [2.45, 2.75) is 13.3 Å². The Balaban J connectivity index is 2.63. The second-order valence-electron chi connectivity index (χ2n) is 2.96. The summed E-state index contributed by atoms with van der Waals surface area (Å²) in [6, 6.07) is 7.79. The minimum atomic E-state index is 0.157. The number of benzene rings is 1. The van der Waals surface area contributed by atoms with Crippen LogP contribution in [0.15, 0.2) is 36.4 Å². The molecule has 0 aromatic heterocycles. The van der Waals surface area contributed by atoms with Crippen LogP contribution in [0, 0.1) is 0 Å². The predicted octanol–water partition coefficient (Wildman–Crippen LogP) is 2.18. The van der Waals surface area contributed by atoms with Crippen molar-refractivity contribution < 1.29 is 9.84 Å². The molecule has 0 aliphatic heterocycles. The first-order valence-electron chi connectivity index (χ1n) is 4.81. The fraction of sp³-hybridized carbons (Fsp3) is 0.333. The van der Waals surface area contributed by atoms with Gasteiger partial charge in [-0.05, 0) is 25.0 Å². The van der Waals surface area contributed by atoms with E-state index in [9.17, 15) is 0 Å². The average molecular weight is 192 g/mol. The molecule has 2 heteroatoms. The zero-order valence-corrected chi connectivity index (χ0v) is 8.44. The van der Waals surface area contributed by atoms with E-state index < -0.39 is 0 Å². The molecule has 0 aliphatic rings. The molecule has 14 heavy (non-hydrogen) atoms. The molecule has 0 amide bonds. The quantitative estimate of drug-likeness (QED) is 0.724. The monoisotopic (exact) mass is 192 g/mol. The summed E-state index contributed by atoms with van der Waals surface area (Å²) in [6.07, 6.45) is 4.55. The molecule has 1 N–H and O–H groups in total. The summed E-state index contributed by atoms with van der Waals surface area (Å²) in [7, 11) is 0. The van der Waals surface area contributed by atoms with Crippen molar-refractivity contribution >= 4 is 0 Å². The van der Waals surface area contributed by atoms with Crippen LogP contribution in [0.3, 0.4) is 0 Å². The van der Waals surface area contributed by atoms with Crippen molar-refractivity contribution in [2.24, 2.45) is 0 Å². The molecule has 1 aromatic carbocycles. The van der Waals surface area contributed by atoms with Gasteiger partial charge in [-0.3, -0.25) is 0 Å². The maximum Gasteiger partial charge on any atom is 0.123 e. The molecule has 0 bridgehead atoms. The van der Waals surface area contributed by atoms with Gasteiger partial charge in [0.1, 0.15) is 12.4 Å². The van der Waals surface area contributed by atoms with Crippen LogP contribution in [-0.2, 0) is 6.42 Å². The number of allylic oxidation sites excluding steroid dienone is 1. The lowest BCUT2D eigenvalue weighted by Crippen LogP contribution is -1.99. The maximum absolute atomic E-state index is 8.85. The van der Waals surface area contributed by atoms with Crippen molar-refractivity contribution in [2.75, 3.05) is 13.2 Å². The van der Waals surface area contributed by atoms with Gasteiger partial charge in [0.2, 0.25) is 0 Å². The highest BCUT2D eigenvalue weighted by molar-refractivity contribution is 5.33. The third-order valence-corrected chi connectivity index (χ3v) is 1.92. The molecular formula is C12H16O2. The molecule has 0 spiro atoms. The topological polar surface area (TPSA) is 29.5 Å². The number of para-hydroxylation sites is 1. The Morgan fingerprint density at radius 2 is 2.14 bits per heavy atom. The summed E-state index contributed by atoms with van der Waals surface area (Å²) in [5, 5.41) is 8.85. The molecule has 0 aliphatic carbocycles. The maximum atomic E-state index is 8.85. The lowest BCUT2D eigenvalue weighted by atomic mass is 10.1. The lowest BCUT2D eigenvalue weighted by Gasteiger charge is -2.08. The van der Waals surface area contributed by atoms with E-state index in [0.29, 0.717) is 13.0 Å². The summed E-state index contributed by atoms with van der Waals surface area (Å²) in [5.74, 6) is 0.861. The first kappa shape index (κ1) is 10.8. The molecule has 1 rings (SSSR count). The molecule has 0 saturated heterocycles. The van der Waals surface area contributed by atoms with Crippen LogP contribution in [0.25, 0.3) is 0 Å². The molecule has 0 atom stereocenters. The second kappa shape index (κ2) is 6.22. The summed E-state index contributed by atoms with van der Waals surface area (Å²) >= 11 is 0. The van der Waals surface area contributed by atoms with Gasteiger partial charge in [-0.1, -0.05) is 30.4 Å². The first-order valence-corrected chi connectivity index (χ1v) is 4.81. The Bertz CT molecular complexity index is 292. The third kappa shape index (κ3) is 3.23. The number of rotatable bonds is 5. The van der Waals surface area contributed by atoms with E-state index in [-0.39, 0.29) is 6.61 Å².